The molecular weight excluding hydrogens is 1100 g/mol. The molecule has 0 radical (unpaired) electrons. The van der Waals surface area contributed by atoms with E-state index in [2.05, 4.69) is 59.9 Å². The molecule has 0 aromatic heterocycles. The summed E-state index contributed by atoms with van der Waals surface area (Å²) in [6.45, 7) is 0. The molecule has 2 aromatic carbocycles. The van der Waals surface area contributed by atoms with Gasteiger partial charge in [0.25, 0.3) is 11.4 Å². The summed E-state index contributed by atoms with van der Waals surface area (Å²) in [4.78, 5) is 12.6. The SMILES string of the molecule is C.C.I.Nc1cc(N)cc(S(F)(F)(F)(F)F)c1.O=[N+]([O-])c1cc([N+](=O)[O-])cc(S(F)(F)(F)(F)F)c1.[I][V]([I])[I]. The number of nitrogens with two attached hydrogens (primary N) is 2. The van der Waals surface area contributed by atoms with Crippen molar-refractivity contribution >= 4 is 127 Å². The summed E-state index contributed by atoms with van der Waals surface area (Å²) in [6, 6.07) is 0.582. The molecule has 8 nitrogen and oxygen atoms in total. The Morgan fingerprint density at radius 2 is 0.846 bits per heavy atom. The molecule has 0 bridgehead atoms. The van der Waals surface area contributed by atoms with E-state index >= 15 is 0 Å². The number of nitrogen functional groups attached to an aromatic ring is 2. The number of hydrogen-bond donors (Lipinski definition) is 2. The number of benzene rings is 2. The van der Waals surface area contributed by atoms with E-state index in [1.54, 1.807) is 0 Å². The maximum atomic E-state index is 12.4. The first-order chi connectivity index (χ1) is 15.3. The van der Waals surface area contributed by atoms with Gasteiger partial charge in [0.1, 0.15) is 9.79 Å². The first-order valence-electron chi connectivity index (χ1n) is 7.68. The number of nitro groups is 2. The zero-order chi connectivity index (χ0) is 29.3. The van der Waals surface area contributed by atoms with E-state index in [1.807, 2.05) is 0 Å². The normalized spacial score (nSPS) is 14.3. The van der Waals surface area contributed by atoms with Crippen molar-refractivity contribution in [3.8, 4) is 0 Å². The zero-order valence-corrected chi connectivity index (χ0v) is 28.6. The monoisotopic (exact) mass is 1120 g/mol. The van der Waals surface area contributed by atoms with Crippen molar-refractivity contribution in [2.75, 3.05) is 11.5 Å². The molecule has 4 N–H and O–H groups in total. The molecule has 0 amide bonds. The number of hydrogen-bond acceptors (Lipinski definition) is 6. The van der Waals surface area contributed by atoms with E-state index < -0.39 is 75.0 Å². The summed E-state index contributed by atoms with van der Waals surface area (Å²) in [5.41, 5.74) is 6.18. The number of halogens is 14. The van der Waals surface area contributed by atoms with Crippen molar-refractivity contribution in [2.45, 2.75) is 24.6 Å². The maximum absolute atomic E-state index is 12.4. The van der Waals surface area contributed by atoms with E-state index in [4.69, 9.17) is 11.5 Å². The Labute approximate surface area is 270 Å². The van der Waals surface area contributed by atoms with Crippen LogP contribution in [0.2, 0.25) is 0 Å². The van der Waals surface area contributed by atoms with Gasteiger partial charge in [0.05, 0.1) is 15.9 Å². The van der Waals surface area contributed by atoms with Gasteiger partial charge in [-0.3, -0.25) is 20.2 Å². The van der Waals surface area contributed by atoms with Crippen molar-refractivity contribution in [3.05, 3.63) is 56.6 Å². The molecule has 0 atom stereocenters. The summed E-state index contributed by atoms with van der Waals surface area (Å²) in [7, 11) is -19.9. The van der Waals surface area contributed by atoms with Gasteiger partial charge in [-0.15, -0.1) is 24.0 Å². The first-order valence-corrected chi connectivity index (χ1v) is 25.1. The number of non-ortho nitro benzene ring substituents is 2. The van der Waals surface area contributed by atoms with Crippen molar-refractivity contribution in [2.24, 2.45) is 0 Å². The van der Waals surface area contributed by atoms with E-state index in [0.717, 1.165) is 6.07 Å². The van der Waals surface area contributed by atoms with Crippen molar-refractivity contribution in [1.29, 1.82) is 0 Å². The standard InChI is InChI=1S/C6H3F5N2O4S.C6H7F5N2S.2CH4.4HI.V/c7-18(8,9,10,11)6-2-4(12(14)15)1-5(3-6)13(16)17;7-14(8,9,10,11)6-2-4(12)1-5(13)3-6;;;;;;;/h1-3H;1-3H,12-13H2;2*1H4;4*1H;/q;;;;;;;;+3/p-3. The molecule has 25 heteroatoms. The van der Waals surface area contributed by atoms with Crippen LogP contribution in [-0.4, -0.2) is 9.85 Å². The second-order valence-electron chi connectivity index (χ2n) is 6.16. The Balaban J connectivity index is -0.000000263. The molecule has 2 aromatic rings. The van der Waals surface area contributed by atoms with E-state index in [9.17, 15) is 59.1 Å². The van der Waals surface area contributed by atoms with Crippen LogP contribution in [-0.2, 0) is 4.92 Å². The Hall–Kier alpha value is 0.344. The van der Waals surface area contributed by atoms with Crippen LogP contribution in [0.3, 0.4) is 0 Å². The average molecular weight is 1120 g/mol. The first kappa shape index (κ1) is 46.3. The fourth-order valence-corrected chi connectivity index (χ4v) is 3.27. The van der Waals surface area contributed by atoms with Gasteiger partial charge in [-0.05, 0) is 18.2 Å². The van der Waals surface area contributed by atoms with Crippen LogP contribution in [0.15, 0.2) is 46.2 Å². The topological polar surface area (TPSA) is 138 Å². The van der Waals surface area contributed by atoms with Gasteiger partial charge in [-0.1, -0.05) is 53.7 Å². The zero-order valence-electron chi connectivity index (χ0n) is 16.7. The van der Waals surface area contributed by atoms with E-state index in [0.29, 0.717) is 0 Å². The molecule has 0 saturated heterocycles. The van der Waals surface area contributed by atoms with Crippen LogP contribution >= 0.6 is 104 Å². The predicted octanol–water partition coefficient (Wildman–Crippen LogP) is 12.2. The third-order valence-electron chi connectivity index (χ3n) is 3.14. The minimum absolute atomic E-state index is 0. The Kier molecular flexibility index (Phi) is 15.8. The van der Waals surface area contributed by atoms with Crippen molar-refractivity contribution in [1.82, 2.24) is 0 Å². The fourth-order valence-electron chi connectivity index (χ4n) is 1.87. The molecular formula is C14H19F10I4N4O4S2V. The van der Waals surface area contributed by atoms with Gasteiger partial charge in [-0.25, -0.2) is 0 Å². The van der Waals surface area contributed by atoms with Gasteiger partial charge in [0, 0.05) is 23.5 Å². The molecule has 0 spiro atoms. The molecule has 0 aliphatic heterocycles. The second kappa shape index (κ2) is 13.3. The van der Waals surface area contributed by atoms with Gasteiger partial charge in [0.2, 0.25) is 0 Å². The van der Waals surface area contributed by atoms with Gasteiger partial charge in [0.15, 0.2) is 0 Å². The number of rotatable bonds is 4. The van der Waals surface area contributed by atoms with Crippen LogP contribution in [0, 0.1) is 20.2 Å². The number of nitrogens with zero attached hydrogens (tertiary/aromatic N) is 2. The number of anilines is 2. The summed E-state index contributed by atoms with van der Waals surface area (Å²) < 4.78 is 123. The summed E-state index contributed by atoms with van der Waals surface area (Å²) >= 11 is 7.39. The third kappa shape index (κ3) is 18.5. The Morgan fingerprint density at radius 3 is 1.05 bits per heavy atom. The van der Waals surface area contributed by atoms with Gasteiger partial charge < -0.3 is 11.5 Å². The summed E-state index contributed by atoms with van der Waals surface area (Å²) in [5.74, 6) is 0. The molecule has 0 saturated carbocycles. The molecule has 0 aliphatic rings. The average Bonchev–Trinajstić information content (AvgIpc) is 2.56. The number of nitro benzene ring substituents is 2. The quantitative estimate of drug-likeness (QED) is 0.103. The van der Waals surface area contributed by atoms with Crippen LogP contribution in [0.1, 0.15) is 14.9 Å². The van der Waals surface area contributed by atoms with E-state index in [1.165, 1.54) is 0 Å². The summed E-state index contributed by atoms with van der Waals surface area (Å²) in [5, 5.41) is 20.5. The van der Waals surface area contributed by atoms with Crippen molar-refractivity contribution < 1.29 is 53.6 Å². The van der Waals surface area contributed by atoms with Crippen LogP contribution in [0.5, 0.6) is 0 Å². The molecule has 0 aliphatic carbocycles. The van der Waals surface area contributed by atoms with Gasteiger partial charge >= 0.3 is 85.3 Å². The third-order valence-corrected chi connectivity index (χ3v) is 5.39. The Morgan fingerprint density at radius 1 is 0.615 bits per heavy atom. The fraction of sp³-hybridized carbons (Fsp3) is 0.143. The molecule has 0 unspecified atom stereocenters. The summed E-state index contributed by atoms with van der Waals surface area (Å²) in [6.07, 6.45) is 0. The van der Waals surface area contributed by atoms with Crippen molar-refractivity contribution in [3.63, 3.8) is 0 Å². The molecule has 2 rings (SSSR count). The minimum atomic E-state index is -10.2. The molecule has 39 heavy (non-hydrogen) atoms. The molecule has 234 valence electrons. The van der Waals surface area contributed by atoms with Crippen LogP contribution in [0.4, 0.5) is 61.6 Å². The molecule has 0 heterocycles. The second-order valence-corrected chi connectivity index (χ2v) is 46.4. The molecule has 0 fully saturated rings. The predicted molar refractivity (Wildman–Crippen MR) is 169 cm³/mol. The Bertz CT molecular complexity index is 1140. The van der Waals surface area contributed by atoms with Gasteiger partial charge in [-0.2, -0.15) is 0 Å². The van der Waals surface area contributed by atoms with Crippen LogP contribution in [0.25, 0.3) is 0 Å². The van der Waals surface area contributed by atoms with Crippen LogP contribution < -0.4 is 11.5 Å². The van der Waals surface area contributed by atoms with E-state index in [-0.39, 0.29) is 61.9 Å².